The predicted molar refractivity (Wildman–Crippen MR) is 71.4 cm³/mol. The number of rotatable bonds is 4. The van der Waals surface area contributed by atoms with Crippen molar-refractivity contribution in [2.24, 2.45) is 0 Å². The molecule has 1 aliphatic heterocycles. The van der Waals surface area contributed by atoms with Gasteiger partial charge in [0, 0.05) is 19.1 Å². The van der Waals surface area contributed by atoms with Gasteiger partial charge < -0.3 is 14.6 Å². The van der Waals surface area contributed by atoms with Crippen molar-refractivity contribution in [2.75, 3.05) is 20.1 Å². The molecule has 1 aromatic heterocycles. The number of oxazole rings is 1. The number of hydrogen-bond donors (Lipinski definition) is 1. The predicted octanol–water partition coefficient (Wildman–Crippen LogP) is 2.01. The molecule has 4 heteroatoms. The highest BCUT2D eigenvalue weighted by atomic mass is 16.3. The molecule has 0 radical (unpaired) electrons. The van der Waals surface area contributed by atoms with Gasteiger partial charge in [-0.2, -0.15) is 0 Å². The van der Waals surface area contributed by atoms with Crippen molar-refractivity contribution in [1.29, 1.82) is 0 Å². The summed E-state index contributed by atoms with van der Waals surface area (Å²) in [4.78, 5) is 6.49. The number of nitrogens with one attached hydrogen (secondary N) is 1. The number of fused-ring (bicyclic) bond motifs is 1. The van der Waals surface area contributed by atoms with Crippen molar-refractivity contribution >= 4 is 11.1 Å². The van der Waals surface area contributed by atoms with Crippen molar-refractivity contribution in [3.05, 3.63) is 30.2 Å². The molecule has 0 amide bonds. The maximum Gasteiger partial charge on any atom is 0.181 e. The Labute approximate surface area is 107 Å². The Kier molecular flexibility index (Phi) is 3.30. The van der Waals surface area contributed by atoms with Gasteiger partial charge in [0.05, 0.1) is 0 Å². The van der Waals surface area contributed by atoms with Gasteiger partial charge in [0.2, 0.25) is 0 Å². The van der Waals surface area contributed by atoms with E-state index in [1.165, 1.54) is 31.3 Å². The Hall–Kier alpha value is -1.39. The maximum absolute atomic E-state index is 5.33. The SMILES string of the molecule is CN(Cc1ccc2ncoc2c1)CC1CCCN1. The Morgan fingerprint density at radius 1 is 1.50 bits per heavy atom. The summed E-state index contributed by atoms with van der Waals surface area (Å²) in [6.45, 7) is 3.23. The third-order valence-electron chi connectivity index (χ3n) is 3.54. The minimum atomic E-state index is 0.656. The average Bonchev–Trinajstić information content (AvgIpc) is 2.98. The molecule has 1 N–H and O–H groups in total. The highest BCUT2D eigenvalue weighted by Crippen LogP contribution is 2.16. The highest BCUT2D eigenvalue weighted by Gasteiger charge is 2.15. The van der Waals surface area contributed by atoms with Gasteiger partial charge in [0.15, 0.2) is 12.0 Å². The lowest BCUT2D eigenvalue weighted by Crippen LogP contribution is -2.34. The molecule has 0 saturated carbocycles. The van der Waals surface area contributed by atoms with E-state index in [9.17, 15) is 0 Å². The van der Waals surface area contributed by atoms with Crippen LogP contribution in [0.4, 0.5) is 0 Å². The van der Waals surface area contributed by atoms with Gasteiger partial charge in [-0.15, -0.1) is 0 Å². The molecule has 1 unspecified atom stereocenters. The lowest BCUT2D eigenvalue weighted by atomic mass is 10.1. The molecule has 96 valence electrons. The molecule has 1 aliphatic rings. The van der Waals surface area contributed by atoms with Crippen LogP contribution < -0.4 is 5.32 Å². The zero-order valence-electron chi connectivity index (χ0n) is 10.7. The molecule has 2 aromatic rings. The van der Waals surface area contributed by atoms with Crippen molar-refractivity contribution in [3.8, 4) is 0 Å². The van der Waals surface area contributed by atoms with E-state index in [1.807, 2.05) is 6.07 Å². The van der Waals surface area contributed by atoms with Crippen molar-refractivity contribution < 1.29 is 4.42 Å². The van der Waals surface area contributed by atoms with Gasteiger partial charge in [0.25, 0.3) is 0 Å². The van der Waals surface area contributed by atoms with Crippen LogP contribution in [0.25, 0.3) is 11.1 Å². The smallest absolute Gasteiger partial charge is 0.181 e. The summed E-state index contributed by atoms with van der Waals surface area (Å²) in [5.41, 5.74) is 3.08. The van der Waals surface area contributed by atoms with Gasteiger partial charge in [-0.25, -0.2) is 4.98 Å². The van der Waals surface area contributed by atoms with Crippen LogP contribution in [0.1, 0.15) is 18.4 Å². The second-order valence-corrected chi connectivity index (χ2v) is 5.14. The van der Waals surface area contributed by atoms with E-state index in [1.54, 1.807) is 0 Å². The van der Waals surface area contributed by atoms with Crippen LogP contribution in [0.3, 0.4) is 0 Å². The Balaban J connectivity index is 1.63. The quantitative estimate of drug-likeness (QED) is 0.894. The topological polar surface area (TPSA) is 41.3 Å². The summed E-state index contributed by atoms with van der Waals surface area (Å²) in [7, 11) is 2.17. The minimum absolute atomic E-state index is 0.656. The average molecular weight is 245 g/mol. The monoisotopic (exact) mass is 245 g/mol. The van der Waals surface area contributed by atoms with Gasteiger partial charge in [0.1, 0.15) is 5.52 Å². The third kappa shape index (κ3) is 2.54. The molecule has 1 aromatic carbocycles. The summed E-state index contributed by atoms with van der Waals surface area (Å²) in [5.74, 6) is 0. The summed E-state index contributed by atoms with van der Waals surface area (Å²) in [6, 6.07) is 6.89. The van der Waals surface area contributed by atoms with E-state index >= 15 is 0 Å². The standard InChI is InChI=1S/C14H19N3O/c1-17(9-12-3-2-6-15-12)8-11-4-5-13-14(7-11)18-10-16-13/h4-5,7,10,12,15H,2-3,6,8-9H2,1H3. The number of hydrogen-bond acceptors (Lipinski definition) is 4. The van der Waals surface area contributed by atoms with E-state index < -0.39 is 0 Å². The first-order valence-corrected chi connectivity index (χ1v) is 6.55. The van der Waals surface area contributed by atoms with Crippen LogP contribution in [0.15, 0.2) is 29.0 Å². The van der Waals surface area contributed by atoms with Gasteiger partial charge in [-0.3, -0.25) is 0 Å². The molecule has 0 spiro atoms. The van der Waals surface area contributed by atoms with E-state index in [0.29, 0.717) is 6.04 Å². The fourth-order valence-corrected chi connectivity index (χ4v) is 2.66. The molecule has 1 fully saturated rings. The van der Waals surface area contributed by atoms with Crippen LogP contribution in [-0.4, -0.2) is 36.1 Å². The van der Waals surface area contributed by atoms with Crippen molar-refractivity contribution in [3.63, 3.8) is 0 Å². The summed E-state index contributed by atoms with van der Waals surface area (Å²) >= 11 is 0. The van der Waals surface area contributed by atoms with E-state index in [0.717, 1.165) is 24.2 Å². The molecule has 0 bridgehead atoms. The summed E-state index contributed by atoms with van der Waals surface area (Å²) in [6.07, 6.45) is 4.11. The maximum atomic E-state index is 5.33. The Bertz CT molecular complexity index is 516. The Morgan fingerprint density at radius 3 is 3.28 bits per heavy atom. The second-order valence-electron chi connectivity index (χ2n) is 5.14. The number of nitrogens with zero attached hydrogens (tertiary/aromatic N) is 2. The van der Waals surface area contributed by atoms with E-state index in [-0.39, 0.29) is 0 Å². The molecule has 18 heavy (non-hydrogen) atoms. The van der Waals surface area contributed by atoms with E-state index in [4.69, 9.17) is 4.42 Å². The fraction of sp³-hybridized carbons (Fsp3) is 0.500. The molecule has 4 nitrogen and oxygen atoms in total. The second kappa shape index (κ2) is 5.08. The van der Waals surface area contributed by atoms with Gasteiger partial charge in [-0.05, 0) is 44.1 Å². The fourth-order valence-electron chi connectivity index (χ4n) is 2.66. The first kappa shape index (κ1) is 11.7. The summed E-state index contributed by atoms with van der Waals surface area (Å²) in [5, 5.41) is 3.53. The van der Waals surface area contributed by atoms with Crippen molar-refractivity contribution in [2.45, 2.75) is 25.4 Å². The molecule has 3 rings (SSSR count). The minimum Gasteiger partial charge on any atom is -0.443 e. The van der Waals surface area contributed by atoms with Gasteiger partial charge >= 0.3 is 0 Å². The molecule has 1 saturated heterocycles. The normalized spacial score (nSPS) is 20.0. The zero-order chi connectivity index (χ0) is 12.4. The lowest BCUT2D eigenvalue weighted by molar-refractivity contribution is 0.293. The van der Waals surface area contributed by atoms with Crippen LogP contribution in [0.5, 0.6) is 0 Å². The van der Waals surface area contributed by atoms with E-state index in [2.05, 4.69) is 34.4 Å². The molecule has 2 heterocycles. The van der Waals surface area contributed by atoms with Crippen LogP contribution >= 0.6 is 0 Å². The van der Waals surface area contributed by atoms with Crippen LogP contribution in [-0.2, 0) is 6.54 Å². The number of benzene rings is 1. The zero-order valence-corrected chi connectivity index (χ0v) is 10.7. The number of likely N-dealkylation sites (N-methyl/N-ethyl adjacent to an activating group) is 1. The molecule has 1 atom stereocenters. The summed E-state index contributed by atoms with van der Waals surface area (Å²) < 4.78 is 5.33. The third-order valence-corrected chi connectivity index (χ3v) is 3.54. The van der Waals surface area contributed by atoms with Crippen molar-refractivity contribution in [1.82, 2.24) is 15.2 Å². The Morgan fingerprint density at radius 2 is 2.44 bits per heavy atom. The number of aromatic nitrogens is 1. The first-order valence-electron chi connectivity index (χ1n) is 6.55. The molecule has 0 aliphatic carbocycles. The highest BCUT2D eigenvalue weighted by molar-refractivity contribution is 5.72. The first-order chi connectivity index (χ1) is 8.81. The van der Waals surface area contributed by atoms with Crippen LogP contribution in [0.2, 0.25) is 0 Å². The van der Waals surface area contributed by atoms with Gasteiger partial charge in [-0.1, -0.05) is 6.07 Å². The molecular formula is C14H19N3O. The molecular weight excluding hydrogens is 226 g/mol. The lowest BCUT2D eigenvalue weighted by Gasteiger charge is -2.21. The largest absolute Gasteiger partial charge is 0.443 e. The van der Waals surface area contributed by atoms with Crippen LogP contribution in [0, 0.1) is 0 Å².